The maximum Gasteiger partial charge on any atom is 0.417 e. The van der Waals surface area contributed by atoms with E-state index in [1.807, 2.05) is 0 Å². The molecule has 0 bridgehead atoms. The lowest BCUT2D eigenvalue weighted by Crippen LogP contribution is -2.19. The molecular formula is C19H12Cl2F3N3OS. The molecule has 2 N–H and O–H groups in total. The number of nitrogens with zero attached hydrogens (tertiary/aromatic N) is 1. The standard InChI is InChI=1S/C19H12Cl2F3N3OS/c20-12-5-7-13(8-6-12)26-18(28)27-15-3-1-2-4-16(15)29-17-14(21)9-11(10-25-17)19(22,23)24/h1-10H,(H2,26,27,28). The first-order chi connectivity index (χ1) is 13.7. The largest absolute Gasteiger partial charge is 0.417 e. The van der Waals surface area contributed by atoms with E-state index in [4.69, 9.17) is 23.2 Å². The van der Waals surface area contributed by atoms with Gasteiger partial charge in [0, 0.05) is 21.8 Å². The molecule has 2 aromatic carbocycles. The molecule has 10 heteroatoms. The molecule has 0 saturated carbocycles. The van der Waals surface area contributed by atoms with Crippen LogP contribution in [0.1, 0.15) is 5.56 Å². The van der Waals surface area contributed by atoms with Gasteiger partial charge in [-0.25, -0.2) is 9.78 Å². The summed E-state index contributed by atoms with van der Waals surface area (Å²) in [7, 11) is 0. The van der Waals surface area contributed by atoms with Crippen molar-refractivity contribution >= 4 is 52.4 Å². The van der Waals surface area contributed by atoms with Crippen LogP contribution in [0.25, 0.3) is 0 Å². The molecule has 3 aromatic rings. The fraction of sp³-hybridized carbons (Fsp3) is 0.0526. The van der Waals surface area contributed by atoms with E-state index in [2.05, 4.69) is 15.6 Å². The van der Waals surface area contributed by atoms with Crippen LogP contribution in [0, 0.1) is 0 Å². The highest BCUT2D eigenvalue weighted by Gasteiger charge is 2.31. The summed E-state index contributed by atoms with van der Waals surface area (Å²) >= 11 is 12.8. The number of hydrogen-bond donors (Lipinski definition) is 2. The lowest BCUT2D eigenvalue weighted by molar-refractivity contribution is -0.137. The number of aromatic nitrogens is 1. The third-order valence-electron chi connectivity index (χ3n) is 3.58. The summed E-state index contributed by atoms with van der Waals surface area (Å²) in [5, 5.41) is 5.95. The summed E-state index contributed by atoms with van der Waals surface area (Å²) in [6, 6.07) is 13.7. The van der Waals surface area contributed by atoms with E-state index >= 15 is 0 Å². The van der Waals surface area contributed by atoms with Gasteiger partial charge in [-0.05, 0) is 42.5 Å². The van der Waals surface area contributed by atoms with E-state index < -0.39 is 17.8 Å². The van der Waals surface area contributed by atoms with Gasteiger partial charge in [-0.1, -0.05) is 47.1 Å². The maximum absolute atomic E-state index is 12.8. The van der Waals surface area contributed by atoms with Gasteiger partial charge in [-0.3, -0.25) is 0 Å². The fourth-order valence-corrected chi connectivity index (χ4v) is 3.49. The Hall–Kier alpha value is -2.42. The van der Waals surface area contributed by atoms with Crippen molar-refractivity contribution in [2.75, 3.05) is 10.6 Å². The molecule has 2 amide bonds. The zero-order chi connectivity index (χ0) is 21.0. The quantitative estimate of drug-likeness (QED) is 0.435. The van der Waals surface area contributed by atoms with E-state index in [9.17, 15) is 18.0 Å². The Morgan fingerprint density at radius 1 is 1.00 bits per heavy atom. The predicted molar refractivity (Wildman–Crippen MR) is 109 cm³/mol. The number of benzene rings is 2. The van der Waals surface area contributed by atoms with Gasteiger partial charge in [0.05, 0.1) is 16.3 Å². The SMILES string of the molecule is O=C(Nc1ccc(Cl)cc1)Nc1ccccc1Sc1ncc(C(F)(F)F)cc1Cl. The Kier molecular flexibility index (Phi) is 6.56. The minimum atomic E-state index is -4.53. The van der Waals surface area contributed by atoms with Crippen molar-refractivity contribution < 1.29 is 18.0 Å². The number of amides is 2. The van der Waals surface area contributed by atoms with E-state index in [-0.39, 0.29) is 10.0 Å². The van der Waals surface area contributed by atoms with Crippen molar-refractivity contribution in [3.63, 3.8) is 0 Å². The first kappa shape index (κ1) is 21.3. The second-order valence-corrected chi connectivity index (χ2v) is 7.57. The van der Waals surface area contributed by atoms with Gasteiger partial charge < -0.3 is 10.6 Å². The van der Waals surface area contributed by atoms with Crippen LogP contribution in [0.5, 0.6) is 0 Å². The molecule has 0 unspecified atom stereocenters. The number of hydrogen-bond acceptors (Lipinski definition) is 3. The number of para-hydroxylation sites is 1. The van der Waals surface area contributed by atoms with Gasteiger partial charge in [-0.2, -0.15) is 13.2 Å². The molecule has 1 heterocycles. The van der Waals surface area contributed by atoms with Gasteiger partial charge in [0.1, 0.15) is 5.03 Å². The molecule has 4 nitrogen and oxygen atoms in total. The van der Waals surface area contributed by atoms with Crippen LogP contribution in [-0.4, -0.2) is 11.0 Å². The molecule has 0 aliphatic rings. The molecule has 0 radical (unpaired) electrons. The van der Waals surface area contributed by atoms with Crippen molar-refractivity contribution in [2.45, 2.75) is 16.1 Å². The van der Waals surface area contributed by atoms with Crippen LogP contribution in [0.2, 0.25) is 10.0 Å². The average molecular weight is 458 g/mol. The number of rotatable bonds is 4. The molecule has 1 aromatic heterocycles. The van der Waals surface area contributed by atoms with E-state index in [1.54, 1.807) is 48.5 Å². The van der Waals surface area contributed by atoms with Gasteiger partial charge in [0.25, 0.3) is 0 Å². The predicted octanol–water partition coefficient (Wildman–Crippen LogP) is 7.20. The Bertz CT molecular complexity index is 1030. The Morgan fingerprint density at radius 2 is 1.69 bits per heavy atom. The number of alkyl halides is 3. The lowest BCUT2D eigenvalue weighted by atomic mass is 10.3. The molecule has 29 heavy (non-hydrogen) atoms. The number of nitrogens with one attached hydrogen (secondary N) is 2. The minimum Gasteiger partial charge on any atom is -0.308 e. The zero-order valence-electron chi connectivity index (χ0n) is 14.4. The number of urea groups is 1. The average Bonchev–Trinajstić information content (AvgIpc) is 2.66. The van der Waals surface area contributed by atoms with Crippen LogP contribution in [0.3, 0.4) is 0 Å². The molecule has 0 saturated heterocycles. The van der Waals surface area contributed by atoms with Gasteiger partial charge in [0.15, 0.2) is 0 Å². The molecule has 0 spiro atoms. The Morgan fingerprint density at radius 3 is 2.34 bits per heavy atom. The van der Waals surface area contributed by atoms with Crippen molar-refractivity contribution in [3.8, 4) is 0 Å². The normalized spacial score (nSPS) is 11.2. The number of anilines is 2. The Labute approximate surface area is 178 Å². The van der Waals surface area contributed by atoms with Crippen LogP contribution >= 0.6 is 35.0 Å². The number of pyridine rings is 1. The fourth-order valence-electron chi connectivity index (χ4n) is 2.24. The topological polar surface area (TPSA) is 54.0 Å². The highest BCUT2D eigenvalue weighted by atomic mass is 35.5. The highest BCUT2D eigenvalue weighted by Crippen LogP contribution is 2.38. The van der Waals surface area contributed by atoms with Gasteiger partial charge in [-0.15, -0.1) is 0 Å². The lowest BCUT2D eigenvalue weighted by Gasteiger charge is -2.13. The summed E-state index contributed by atoms with van der Waals surface area (Å²) in [5.41, 5.74) is 0.0619. The van der Waals surface area contributed by atoms with Gasteiger partial charge in [0.2, 0.25) is 0 Å². The second-order valence-electron chi connectivity index (χ2n) is 5.69. The third kappa shape index (κ3) is 5.79. The summed E-state index contributed by atoms with van der Waals surface area (Å²) < 4.78 is 38.3. The summed E-state index contributed by atoms with van der Waals surface area (Å²) in [6.45, 7) is 0. The van der Waals surface area contributed by atoms with Crippen LogP contribution in [0.4, 0.5) is 29.3 Å². The van der Waals surface area contributed by atoms with Crippen LogP contribution in [-0.2, 0) is 6.18 Å². The smallest absolute Gasteiger partial charge is 0.308 e. The van der Waals surface area contributed by atoms with E-state index in [0.29, 0.717) is 21.3 Å². The molecule has 0 fully saturated rings. The van der Waals surface area contributed by atoms with Gasteiger partial charge >= 0.3 is 12.2 Å². The summed E-state index contributed by atoms with van der Waals surface area (Å²) in [4.78, 5) is 16.6. The summed E-state index contributed by atoms with van der Waals surface area (Å²) in [6.07, 6.45) is -3.81. The molecule has 0 aliphatic heterocycles. The van der Waals surface area contributed by atoms with Crippen molar-refractivity contribution in [3.05, 3.63) is 76.4 Å². The Balaban J connectivity index is 1.75. The van der Waals surface area contributed by atoms with E-state index in [1.165, 1.54) is 0 Å². The number of halogens is 5. The molecule has 150 valence electrons. The van der Waals surface area contributed by atoms with Crippen molar-refractivity contribution in [1.82, 2.24) is 4.98 Å². The first-order valence-electron chi connectivity index (χ1n) is 8.05. The molecular weight excluding hydrogens is 446 g/mol. The monoisotopic (exact) mass is 457 g/mol. The first-order valence-corrected chi connectivity index (χ1v) is 9.63. The van der Waals surface area contributed by atoms with Crippen LogP contribution in [0.15, 0.2) is 70.7 Å². The second kappa shape index (κ2) is 8.94. The number of carbonyl (C=O) groups is 1. The summed E-state index contributed by atoms with van der Waals surface area (Å²) in [5.74, 6) is 0. The third-order valence-corrected chi connectivity index (χ3v) is 5.33. The van der Waals surface area contributed by atoms with Crippen molar-refractivity contribution in [1.29, 1.82) is 0 Å². The maximum atomic E-state index is 12.8. The molecule has 3 rings (SSSR count). The van der Waals surface area contributed by atoms with E-state index in [0.717, 1.165) is 24.0 Å². The zero-order valence-corrected chi connectivity index (χ0v) is 16.8. The van der Waals surface area contributed by atoms with Crippen LogP contribution < -0.4 is 10.6 Å². The van der Waals surface area contributed by atoms with Crippen molar-refractivity contribution in [2.24, 2.45) is 0 Å². The highest BCUT2D eigenvalue weighted by molar-refractivity contribution is 7.99. The minimum absolute atomic E-state index is 0.134. The number of carbonyl (C=O) groups excluding carboxylic acids is 1. The molecule has 0 aliphatic carbocycles. The molecule has 0 atom stereocenters.